The van der Waals surface area contributed by atoms with Crippen LogP contribution in [0, 0.1) is 18.3 Å². The van der Waals surface area contributed by atoms with Gasteiger partial charge in [0.1, 0.15) is 5.75 Å². The molecule has 0 aliphatic heterocycles. The van der Waals surface area contributed by atoms with Gasteiger partial charge in [-0.25, -0.2) is 4.79 Å². The van der Waals surface area contributed by atoms with Crippen molar-refractivity contribution in [3.05, 3.63) is 65.2 Å². The SMILES string of the molecule is Cc1ccc(CNC(=O)[C@H](C)OC(=O)[C@@H](C)Oc2ccc(C#N)cc2)cc1. The summed E-state index contributed by atoms with van der Waals surface area (Å²) in [7, 11) is 0. The standard InChI is InChI=1S/C21H22N2O4/c1-14-4-6-18(7-5-14)13-23-20(24)15(2)27-21(25)16(3)26-19-10-8-17(12-22)9-11-19/h4-11,15-16H,13H2,1-3H3,(H,23,24)/t15-,16+/m0/s1. The molecule has 6 nitrogen and oxygen atoms in total. The van der Waals surface area contributed by atoms with Gasteiger partial charge >= 0.3 is 5.97 Å². The third kappa shape index (κ3) is 6.15. The lowest BCUT2D eigenvalue weighted by molar-refractivity contribution is -0.160. The third-order valence-corrected chi connectivity index (χ3v) is 3.88. The summed E-state index contributed by atoms with van der Waals surface area (Å²) in [5.41, 5.74) is 2.60. The second-order valence-corrected chi connectivity index (χ2v) is 6.18. The van der Waals surface area contributed by atoms with Gasteiger partial charge in [0.25, 0.3) is 5.91 Å². The Morgan fingerprint density at radius 2 is 1.67 bits per heavy atom. The van der Waals surface area contributed by atoms with Crippen LogP contribution in [0.1, 0.15) is 30.5 Å². The van der Waals surface area contributed by atoms with E-state index in [1.54, 1.807) is 24.3 Å². The third-order valence-electron chi connectivity index (χ3n) is 3.88. The summed E-state index contributed by atoms with van der Waals surface area (Å²) in [6.45, 7) is 5.40. The van der Waals surface area contributed by atoms with Crippen molar-refractivity contribution in [1.29, 1.82) is 5.26 Å². The second-order valence-electron chi connectivity index (χ2n) is 6.18. The molecule has 2 atom stereocenters. The highest BCUT2D eigenvalue weighted by atomic mass is 16.6. The van der Waals surface area contributed by atoms with Crippen molar-refractivity contribution in [2.45, 2.75) is 39.5 Å². The minimum Gasteiger partial charge on any atom is -0.479 e. The van der Waals surface area contributed by atoms with Gasteiger partial charge in [-0.3, -0.25) is 4.79 Å². The van der Waals surface area contributed by atoms with Crippen LogP contribution in [0.15, 0.2) is 48.5 Å². The zero-order valence-electron chi connectivity index (χ0n) is 15.6. The minimum absolute atomic E-state index is 0.359. The minimum atomic E-state index is -0.935. The molecule has 0 saturated carbocycles. The number of carbonyl (C=O) groups is 2. The van der Waals surface area contributed by atoms with Crippen LogP contribution < -0.4 is 10.1 Å². The Morgan fingerprint density at radius 1 is 1.04 bits per heavy atom. The van der Waals surface area contributed by atoms with E-state index in [2.05, 4.69) is 5.32 Å². The molecule has 0 aliphatic rings. The molecule has 0 radical (unpaired) electrons. The van der Waals surface area contributed by atoms with Crippen LogP contribution in [0.5, 0.6) is 5.75 Å². The predicted molar refractivity (Wildman–Crippen MR) is 99.8 cm³/mol. The first kappa shape index (κ1) is 20.0. The van der Waals surface area contributed by atoms with Gasteiger partial charge < -0.3 is 14.8 Å². The Labute approximate surface area is 158 Å². The summed E-state index contributed by atoms with van der Waals surface area (Å²) in [5, 5.41) is 11.5. The van der Waals surface area contributed by atoms with Crippen LogP contribution in [0.4, 0.5) is 0 Å². The van der Waals surface area contributed by atoms with Gasteiger partial charge in [-0.1, -0.05) is 29.8 Å². The molecule has 0 bridgehead atoms. The topological polar surface area (TPSA) is 88.4 Å². The molecule has 2 aromatic carbocycles. The van der Waals surface area contributed by atoms with E-state index in [9.17, 15) is 9.59 Å². The largest absolute Gasteiger partial charge is 0.479 e. The molecule has 0 fully saturated rings. The number of nitrogens with zero attached hydrogens (tertiary/aromatic N) is 1. The van der Waals surface area contributed by atoms with E-state index in [0.717, 1.165) is 11.1 Å². The Morgan fingerprint density at radius 3 is 2.26 bits per heavy atom. The number of benzene rings is 2. The monoisotopic (exact) mass is 366 g/mol. The first-order valence-electron chi connectivity index (χ1n) is 8.59. The van der Waals surface area contributed by atoms with E-state index in [1.807, 2.05) is 37.3 Å². The molecule has 0 saturated heterocycles. The molecule has 0 aromatic heterocycles. The van der Waals surface area contributed by atoms with Crippen molar-refractivity contribution in [1.82, 2.24) is 5.32 Å². The molecule has 0 unspecified atom stereocenters. The van der Waals surface area contributed by atoms with Crippen LogP contribution in [-0.4, -0.2) is 24.1 Å². The summed E-state index contributed by atoms with van der Waals surface area (Å²) in [5.74, 6) is -0.582. The number of rotatable bonds is 7. The average molecular weight is 366 g/mol. The summed E-state index contributed by atoms with van der Waals surface area (Å²) in [6, 6.07) is 16.2. The molecule has 1 N–H and O–H groups in total. The normalized spacial score (nSPS) is 12.4. The smallest absolute Gasteiger partial charge is 0.347 e. The number of carbonyl (C=O) groups excluding carboxylic acids is 2. The molecule has 1 amide bonds. The van der Waals surface area contributed by atoms with Crippen LogP contribution in [-0.2, 0) is 20.9 Å². The molecule has 2 rings (SSSR count). The quantitative estimate of drug-likeness (QED) is 0.761. The molecule has 6 heteroatoms. The molecular weight excluding hydrogens is 344 g/mol. The molecule has 27 heavy (non-hydrogen) atoms. The zero-order chi connectivity index (χ0) is 19.8. The number of hydrogen-bond donors (Lipinski definition) is 1. The van der Waals surface area contributed by atoms with Gasteiger partial charge in [0, 0.05) is 6.54 Å². The number of amides is 1. The predicted octanol–water partition coefficient (Wildman–Crippen LogP) is 2.88. The van der Waals surface area contributed by atoms with Gasteiger partial charge in [0.05, 0.1) is 11.6 Å². The highest BCUT2D eigenvalue weighted by Crippen LogP contribution is 2.14. The van der Waals surface area contributed by atoms with Crippen molar-refractivity contribution < 1.29 is 19.1 Å². The van der Waals surface area contributed by atoms with Crippen molar-refractivity contribution in [3.63, 3.8) is 0 Å². The van der Waals surface area contributed by atoms with Crippen molar-refractivity contribution in [2.75, 3.05) is 0 Å². The van der Waals surface area contributed by atoms with E-state index in [-0.39, 0.29) is 5.91 Å². The lowest BCUT2D eigenvalue weighted by Gasteiger charge is -2.18. The molecule has 140 valence electrons. The lowest BCUT2D eigenvalue weighted by atomic mass is 10.1. The number of hydrogen-bond acceptors (Lipinski definition) is 5. The highest BCUT2D eigenvalue weighted by molar-refractivity contribution is 5.84. The van der Waals surface area contributed by atoms with E-state index in [4.69, 9.17) is 14.7 Å². The summed E-state index contributed by atoms with van der Waals surface area (Å²) in [4.78, 5) is 24.2. The van der Waals surface area contributed by atoms with Crippen molar-refractivity contribution in [3.8, 4) is 11.8 Å². The van der Waals surface area contributed by atoms with E-state index in [0.29, 0.717) is 17.9 Å². The summed E-state index contributed by atoms with van der Waals surface area (Å²) < 4.78 is 10.7. The Kier molecular flexibility index (Phi) is 6.95. The Bertz CT molecular complexity index is 823. The number of ether oxygens (including phenoxy) is 2. The summed E-state index contributed by atoms with van der Waals surface area (Å²) >= 11 is 0. The molecule has 0 spiro atoms. The van der Waals surface area contributed by atoms with E-state index in [1.165, 1.54) is 13.8 Å². The zero-order valence-corrected chi connectivity index (χ0v) is 15.6. The molecule has 0 aliphatic carbocycles. The number of nitrogens with one attached hydrogen (secondary N) is 1. The van der Waals surface area contributed by atoms with Crippen molar-refractivity contribution >= 4 is 11.9 Å². The van der Waals surface area contributed by atoms with Crippen LogP contribution in [0.25, 0.3) is 0 Å². The Balaban J connectivity index is 1.81. The van der Waals surface area contributed by atoms with Gasteiger partial charge in [0.15, 0.2) is 12.2 Å². The first-order valence-corrected chi connectivity index (χ1v) is 8.59. The fourth-order valence-corrected chi connectivity index (χ4v) is 2.22. The van der Waals surface area contributed by atoms with Gasteiger partial charge in [-0.15, -0.1) is 0 Å². The van der Waals surface area contributed by atoms with Crippen LogP contribution in [0.2, 0.25) is 0 Å². The first-order chi connectivity index (χ1) is 12.9. The van der Waals surface area contributed by atoms with Crippen LogP contribution in [0.3, 0.4) is 0 Å². The molecule has 2 aromatic rings. The Hall–Kier alpha value is -3.33. The van der Waals surface area contributed by atoms with E-state index < -0.39 is 18.2 Å². The van der Waals surface area contributed by atoms with E-state index >= 15 is 0 Å². The van der Waals surface area contributed by atoms with Gasteiger partial charge in [-0.05, 0) is 50.6 Å². The van der Waals surface area contributed by atoms with Crippen molar-refractivity contribution in [2.24, 2.45) is 0 Å². The lowest BCUT2D eigenvalue weighted by Crippen LogP contribution is -2.38. The fraction of sp³-hybridized carbons (Fsp3) is 0.286. The second kappa shape index (κ2) is 9.39. The highest BCUT2D eigenvalue weighted by Gasteiger charge is 2.23. The van der Waals surface area contributed by atoms with Gasteiger partial charge in [0.2, 0.25) is 0 Å². The number of esters is 1. The van der Waals surface area contributed by atoms with Gasteiger partial charge in [-0.2, -0.15) is 5.26 Å². The van der Waals surface area contributed by atoms with Crippen LogP contribution >= 0.6 is 0 Å². The maximum absolute atomic E-state index is 12.1. The fourth-order valence-electron chi connectivity index (χ4n) is 2.22. The maximum Gasteiger partial charge on any atom is 0.347 e. The average Bonchev–Trinajstić information content (AvgIpc) is 2.67. The number of nitriles is 1. The molecule has 0 heterocycles. The molecular formula is C21H22N2O4. The maximum atomic E-state index is 12.1. The number of aryl methyl sites for hydroxylation is 1. The summed E-state index contributed by atoms with van der Waals surface area (Å²) in [6.07, 6.45) is -1.82.